The molecule has 2 aromatic rings. The van der Waals surface area contributed by atoms with E-state index in [4.69, 9.17) is 16.3 Å². The maximum Gasteiger partial charge on any atom is 0.359 e. The molecule has 0 fully saturated rings. The maximum absolute atomic E-state index is 13.1. The van der Waals surface area contributed by atoms with Crippen molar-refractivity contribution in [1.29, 1.82) is 0 Å². The van der Waals surface area contributed by atoms with E-state index in [1.54, 1.807) is 6.92 Å². The number of carbonyl (C=O) groups excluding carboxylic acids is 1. The Hall–Kier alpha value is -2.21. The largest absolute Gasteiger partial charge is 0.453 e. The summed E-state index contributed by atoms with van der Waals surface area (Å²) in [5, 5.41) is 3.75. The topological polar surface area (TPSA) is 61.2 Å². The van der Waals surface area contributed by atoms with Crippen LogP contribution in [0.4, 0.5) is 4.39 Å². The van der Waals surface area contributed by atoms with E-state index in [0.717, 1.165) is 4.68 Å². The standard InChI is InChI=1S/C14H12ClFN2O3/c1-8(9-3-4-11(16)10(15)7-9)21-14(20)12-5-6-13(19)18(2)17-12/h3-8H,1-2H3. The lowest BCUT2D eigenvalue weighted by Gasteiger charge is -2.13. The molecular formula is C14H12ClFN2O3. The molecule has 1 aromatic heterocycles. The number of nitrogens with zero attached hydrogens (tertiary/aromatic N) is 2. The molecule has 1 heterocycles. The van der Waals surface area contributed by atoms with E-state index >= 15 is 0 Å². The monoisotopic (exact) mass is 310 g/mol. The molecule has 1 atom stereocenters. The quantitative estimate of drug-likeness (QED) is 0.817. The van der Waals surface area contributed by atoms with Gasteiger partial charge in [0.05, 0.1) is 5.02 Å². The fourth-order valence-corrected chi connectivity index (χ4v) is 1.85. The lowest BCUT2D eigenvalue weighted by Crippen LogP contribution is -2.22. The molecule has 0 amide bonds. The summed E-state index contributed by atoms with van der Waals surface area (Å²) in [6.07, 6.45) is -0.630. The minimum atomic E-state index is -0.682. The van der Waals surface area contributed by atoms with E-state index < -0.39 is 17.9 Å². The summed E-state index contributed by atoms with van der Waals surface area (Å²) in [7, 11) is 1.43. The number of halogens is 2. The van der Waals surface area contributed by atoms with Gasteiger partial charge in [0.25, 0.3) is 5.56 Å². The molecule has 1 unspecified atom stereocenters. The van der Waals surface area contributed by atoms with Crippen LogP contribution in [0.15, 0.2) is 35.1 Å². The molecule has 0 radical (unpaired) electrons. The van der Waals surface area contributed by atoms with E-state index in [9.17, 15) is 14.0 Å². The number of hydrogen-bond acceptors (Lipinski definition) is 4. The van der Waals surface area contributed by atoms with Gasteiger partial charge in [0.15, 0.2) is 5.69 Å². The Morgan fingerprint density at radius 3 is 2.71 bits per heavy atom. The molecule has 1 aromatic carbocycles. The number of aryl methyl sites for hydroxylation is 1. The van der Waals surface area contributed by atoms with Crippen LogP contribution >= 0.6 is 11.6 Å². The molecule has 0 N–H and O–H groups in total. The van der Waals surface area contributed by atoms with Crippen molar-refractivity contribution in [2.24, 2.45) is 7.05 Å². The lowest BCUT2D eigenvalue weighted by atomic mass is 10.1. The fraction of sp³-hybridized carbons (Fsp3) is 0.214. The van der Waals surface area contributed by atoms with Crippen molar-refractivity contribution in [2.75, 3.05) is 0 Å². The van der Waals surface area contributed by atoms with Crippen LogP contribution in [0.1, 0.15) is 29.1 Å². The lowest BCUT2D eigenvalue weighted by molar-refractivity contribution is 0.0328. The Labute approximate surface area is 124 Å². The molecule has 110 valence electrons. The third-order valence-electron chi connectivity index (χ3n) is 2.87. The number of aromatic nitrogens is 2. The molecular weight excluding hydrogens is 299 g/mol. The zero-order chi connectivity index (χ0) is 15.6. The van der Waals surface area contributed by atoms with Gasteiger partial charge in [-0.1, -0.05) is 17.7 Å². The molecule has 2 rings (SSSR count). The molecule has 7 heteroatoms. The smallest absolute Gasteiger partial charge is 0.359 e. The summed E-state index contributed by atoms with van der Waals surface area (Å²) in [6, 6.07) is 6.58. The molecule has 0 bridgehead atoms. The average Bonchev–Trinajstić information content (AvgIpc) is 2.44. The zero-order valence-electron chi connectivity index (χ0n) is 11.3. The second-order valence-electron chi connectivity index (χ2n) is 4.40. The van der Waals surface area contributed by atoms with E-state index in [-0.39, 0.29) is 16.3 Å². The van der Waals surface area contributed by atoms with Gasteiger partial charge in [0.1, 0.15) is 11.9 Å². The first kappa shape index (κ1) is 15.2. The minimum Gasteiger partial charge on any atom is -0.453 e. The highest BCUT2D eigenvalue weighted by molar-refractivity contribution is 6.30. The van der Waals surface area contributed by atoms with Crippen molar-refractivity contribution in [3.05, 3.63) is 62.8 Å². The summed E-state index contributed by atoms with van der Waals surface area (Å²) in [5.74, 6) is -1.22. The van der Waals surface area contributed by atoms with Crippen molar-refractivity contribution >= 4 is 17.6 Å². The molecule has 0 aliphatic carbocycles. The molecule has 5 nitrogen and oxygen atoms in total. The van der Waals surface area contributed by atoms with E-state index in [1.807, 2.05) is 0 Å². The van der Waals surface area contributed by atoms with Gasteiger partial charge in [-0.25, -0.2) is 13.9 Å². The van der Waals surface area contributed by atoms with Crippen LogP contribution in [-0.4, -0.2) is 15.7 Å². The van der Waals surface area contributed by atoms with Crippen LogP contribution in [0, 0.1) is 5.82 Å². The molecule has 0 saturated heterocycles. The summed E-state index contributed by atoms with van der Waals surface area (Å²) < 4.78 is 19.3. The van der Waals surface area contributed by atoms with Crippen LogP contribution in [0.5, 0.6) is 0 Å². The van der Waals surface area contributed by atoms with Crippen molar-refractivity contribution in [1.82, 2.24) is 9.78 Å². The second kappa shape index (κ2) is 6.05. The molecule has 0 aliphatic heterocycles. The van der Waals surface area contributed by atoms with Gasteiger partial charge in [0, 0.05) is 13.1 Å². The first-order chi connectivity index (χ1) is 9.88. The van der Waals surface area contributed by atoms with E-state index in [0.29, 0.717) is 5.56 Å². The van der Waals surface area contributed by atoms with E-state index in [1.165, 1.54) is 37.4 Å². The Bertz CT molecular complexity index is 745. The molecule has 0 spiro atoms. The average molecular weight is 311 g/mol. The summed E-state index contributed by atoms with van der Waals surface area (Å²) in [6.45, 7) is 1.63. The third kappa shape index (κ3) is 3.46. The van der Waals surface area contributed by atoms with Crippen molar-refractivity contribution in [3.63, 3.8) is 0 Å². The fourth-order valence-electron chi connectivity index (χ4n) is 1.67. The Morgan fingerprint density at radius 2 is 2.10 bits per heavy atom. The van der Waals surface area contributed by atoms with Crippen molar-refractivity contribution < 1.29 is 13.9 Å². The van der Waals surface area contributed by atoms with Gasteiger partial charge in [-0.3, -0.25) is 4.79 Å². The van der Waals surface area contributed by atoms with Crippen molar-refractivity contribution in [3.8, 4) is 0 Å². The van der Waals surface area contributed by atoms with Crippen molar-refractivity contribution in [2.45, 2.75) is 13.0 Å². The summed E-state index contributed by atoms with van der Waals surface area (Å²) in [4.78, 5) is 23.1. The Kier molecular flexibility index (Phi) is 4.37. The van der Waals surface area contributed by atoms with Gasteiger partial charge in [-0.2, -0.15) is 5.10 Å². The van der Waals surface area contributed by atoms with Crippen LogP contribution in [0.25, 0.3) is 0 Å². The first-order valence-electron chi connectivity index (χ1n) is 6.09. The minimum absolute atomic E-state index is 0.0113. The number of carbonyl (C=O) groups is 1. The number of hydrogen-bond donors (Lipinski definition) is 0. The highest BCUT2D eigenvalue weighted by atomic mass is 35.5. The van der Waals surface area contributed by atoms with Gasteiger partial charge in [-0.05, 0) is 30.7 Å². The number of esters is 1. The number of rotatable bonds is 3. The summed E-state index contributed by atoms with van der Waals surface area (Å²) >= 11 is 5.68. The van der Waals surface area contributed by atoms with Gasteiger partial charge in [0.2, 0.25) is 0 Å². The Morgan fingerprint density at radius 1 is 1.38 bits per heavy atom. The molecule has 0 saturated carbocycles. The van der Waals surface area contributed by atoms with Gasteiger partial charge >= 0.3 is 5.97 Å². The third-order valence-corrected chi connectivity index (χ3v) is 3.16. The highest BCUT2D eigenvalue weighted by Crippen LogP contribution is 2.23. The molecule has 21 heavy (non-hydrogen) atoms. The first-order valence-corrected chi connectivity index (χ1v) is 6.46. The SMILES string of the molecule is CC(OC(=O)c1ccc(=O)n(C)n1)c1ccc(F)c(Cl)c1. The highest BCUT2D eigenvalue weighted by Gasteiger charge is 2.16. The van der Waals surface area contributed by atoms with Crippen LogP contribution in [0.2, 0.25) is 5.02 Å². The van der Waals surface area contributed by atoms with Gasteiger partial charge in [-0.15, -0.1) is 0 Å². The maximum atomic E-state index is 13.1. The van der Waals surface area contributed by atoms with Crippen LogP contribution in [0.3, 0.4) is 0 Å². The zero-order valence-corrected chi connectivity index (χ0v) is 12.1. The van der Waals surface area contributed by atoms with Gasteiger partial charge < -0.3 is 4.74 Å². The van der Waals surface area contributed by atoms with Crippen LogP contribution in [-0.2, 0) is 11.8 Å². The Balaban J connectivity index is 2.16. The number of benzene rings is 1. The second-order valence-corrected chi connectivity index (χ2v) is 4.81. The number of ether oxygens (including phenoxy) is 1. The predicted octanol–water partition coefficient (Wildman–Crippen LogP) is 2.49. The molecule has 0 aliphatic rings. The summed E-state index contributed by atoms with van der Waals surface area (Å²) in [5.41, 5.74) is 0.238. The normalized spacial score (nSPS) is 12.0. The predicted molar refractivity (Wildman–Crippen MR) is 74.7 cm³/mol. The van der Waals surface area contributed by atoms with E-state index in [2.05, 4.69) is 5.10 Å². The van der Waals surface area contributed by atoms with Crippen LogP contribution < -0.4 is 5.56 Å².